The average molecular weight is 424 g/mol. The largest absolute Gasteiger partial charge is 0.451 e. The van der Waals surface area contributed by atoms with Crippen LogP contribution in [-0.4, -0.2) is 78.1 Å². The van der Waals surface area contributed by atoms with Gasteiger partial charge in [-0.1, -0.05) is 20.8 Å². The van der Waals surface area contributed by atoms with E-state index in [2.05, 4.69) is 26.1 Å². The lowest BCUT2D eigenvalue weighted by Crippen LogP contribution is -2.51. The lowest BCUT2D eigenvalue weighted by atomic mass is 9.67. The second kappa shape index (κ2) is 8.53. The van der Waals surface area contributed by atoms with E-state index in [-0.39, 0.29) is 17.2 Å². The van der Waals surface area contributed by atoms with Gasteiger partial charge >= 0.3 is 12.0 Å². The first-order valence-electron chi connectivity index (χ1n) is 10.7. The van der Waals surface area contributed by atoms with Gasteiger partial charge in [-0.05, 0) is 43.9 Å². The maximum Gasteiger partial charge on any atom is 0.327 e. The highest BCUT2D eigenvalue weighted by Crippen LogP contribution is 2.43. The number of hydrogen-bond donors (Lipinski definition) is 1. The number of ether oxygens (including phenoxy) is 2. The highest BCUT2D eigenvalue weighted by Gasteiger charge is 2.53. The zero-order valence-corrected chi connectivity index (χ0v) is 18.4. The Bertz CT molecular complexity index is 702. The van der Waals surface area contributed by atoms with Crippen molar-refractivity contribution in [1.82, 2.24) is 15.1 Å². The second-order valence-electron chi connectivity index (χ2n) is 9.61. The molecule has 2 saturated heterocycles. The van der Waals surface area contributed by atoms with Crippen molar-refractivity contribution in [3.8, 4) is 0 Å². The van der Waals surface area contributed by atoms with Crippen LogP contribution < -0.4 is 5.32 Å². The molecule has 9 nitrogen and oxygen atoms in total. The minimum absolute atomic E-state index is 0.153. The Kier molecular flexibility index (Phi) is 6.40. The van der Waals surface area contributed by atoms with E-state index in [1.807, 2.05) is 0 Å². The molecule has 1 aliphatic carbocycles. The quantitative estimate of drug-likeness (QED) is 0.540. The van der Waals surface area contributed by atoms with Crippen LogP contribution in [0.2, 0.25) is 0 Å². The summed E-state index contributed by atoms with van der Waals surface area (Å²) in [7, 11) is 0. The molecule has 1 atom stereocenters. The van der Waals surface area contributed by atoms with E-state index in [1.54, 1.807) is 4.90 Å². The highest BCUT2D eigenvalue weighted by atomic mass is 16.5. The van der Waals surface area contributed by atoms with Crippen molar-refractivity contribution in [2.45, 2.75) is 65.0 Å². The number of nitrogens with one attached hydrogen (secondary N) is 1. The van der Waals surface area contributed by atoms with Gasteiger partial charge in [0.1, 0.15) is 12.1 Å². The summed E-state index contributed by atoms with van der Waals surface area (Å²) in [6, 6.07) is -0.571. The van der Waals surface area contributed by atoms with Gasteiger partial charge in [0.25, 0.3) is 11.8 Å². The molecule has 0 radical (unpaired) electrons. The van der Waals surface area contributed by atoms with Gasteiger partial charge in [0.15, 0.2) is 6.10 Å². The lowest BCUT2D eigenvalue weighted by Gasteiger charge is -2.40. The van der Waals surface area contributed by atoms with Crippen molar-refractivity contribution in [2.24, 2.45) is 11.3 Å². The van der Waals surface area contributed by atoms with Crippen molar-refractivity contribution in [2.75, 3.05) is 32.8 Å². The van der Waals surface area contributed by atoms with E-state index in [0.29, 0.717) is 45.1 Å². The summed E-state index contributed by atoms with van der Waals surface area (Å²) in [5, 5.41) is 2.81. The van der Waals surface area contributed by atoms with Gasteiger partial charge in [-0.3, -0.25) is 19.3 Å². The Labute approximate surface area is 177 Å². The fourth-order valence-electron chi connectivity index (χ4n) is 4.59. The van der Waals surface area contributed by atoms with Gasteiger partial charge in [-0.15, -0.1) is 0 Å². The molecule has 168 valence electrons. The molecule has 0 aromatic heterocycles. The van der Waals surface area contributed by atoms with Crippen LogP contribution in [0.25, 0.3) is 0 Å². The van der Waals surface area contributed by atoms with Crippen LogP contribution in [0.3, 0.4) is 0 Å². The highest BCUT2D eigenvalue weighted by molar-refractivity contribution is 6.08. The van der Waals surface area contributed by atoms with Crippen LogP contribution in [0.15, 0.2) is 0 Å². The van der Waals surface area contributed by atoms with Crippen LogP contribution in [-0.2, 0) is 23.9 Å². The molecule has 3 fully saturated rings. The number of esters is 1. The third-order valence-corrected chi connectivity index (χ3v) is 6.58. The van der Waals surface area contributed by atoms with E-state index < -0.39 is 30.2 Å². The Balaban J connectivity index is 1.55. The molecule has 1 saturated carbocycles. The maximum absolute atomic E-state index is 13.0. The van der Waals surface area contributed by atoms with Gasteiger partial charge in [-0.2, -0.15) is 0 Å². The molecule has 3 rings (SSSR count). The summed E-state index contributed by atoms with van der Waals surface area (Å²) in [6.45, 7) is 9.37. The van der Waals surface area contributed by atoms with Gasteiger partial charge in [0, 0.05) is 13.1 Å². The molecular formula is C21H33N3O6. The predicted molar refractivity (Wildman–Crippen MR) is 107 cm³/mol. The third kappa shape index (κ3) is 4.61. The second-order valence-corrected chi connectivity index (χ2v) is 9.61. The first-order valence-corrected chi connectivity index (χ1v) is 10.7. The number of rotatable bonds is 4. The van der Waals surface area contributed by atoms with Gasteiger partial charge in [0.2, 0.25) is 0 Å². The molecule has 0 aromatic carbocycles. The standard InChI is InChI=1S/C21H33N3O6/c1-14(17(26)23-9-11-29-12-10-23)30-16(25)13-24-18(27)21(22-19(24)28)7-5-15(6-8-21)20(2,3)4/h14-15H,5-13H2,1-4H3,(H,22,28). The summed E-state index contributed by atoms with van der Waals surface area (Å²) >= 11 is 0. The fraction of sp³-hybridized carbons (Fsp3) is 0.810. The number of morpholine rings is 1. The minimum atomic E-state index is -0.979. The molecule has 4 amide bonds. The molecule has 0 bridgehead atoms. The Morgan fingerprint density at radius 2 is 1.80 bits per heavy atom. The van der Waals surface area contributed by atoms with Gasteiger partial charge < -0.3 is 19.7 Å². The molecule has 1 spiro atoms. The zero-order chi connectivity index (χ0) is 22.1. The van der Waals surface area contributed by atoms with Crippen molar-refractivity contribution in [1.29, 1.82) is 0 Å². The van der Waals surface area contributed by atoms with Crippen molar-refractivity contribution < 1.29 is 28.7 Å². The van der Waals surface area contributed by atoms with E-state index in [4.69, 9.17) is 9.47 Å². The SMILES string of the molecule is CC(OC(=O)CN1C(=O)NC2(CCC(C(C)(C)C)CC2)C1=O)C(=O)N1CCOCC1. The van der Waals surface area contributed by atoms with Crippen molar-refractivity contribution >= 4 is 23.8 Å². The van der Waals surface area contributed by atoms with E-state index in [9.17, 15) is 19.2 Å². The average Bonchev–Trinajstić information content (AvgIpc) is 2.91. The van der Waals surface area contributed by atoms with Gasteiger partial charge in [-0.25, -0.2) is 4.79 Å². The molecule has 1 unspecified atom stereocenters. The van der Waals surface area contributed by atoms with E-state index >= 15 is 0 Å². The molecule has 2 aliphatic heterocycles. The first kappa shape index (κ1) is 22.5. The van der Waals surface area contributed by atoms with Gasteiger partial charge in [0.05, 0.1) is 13.2 Å². The van der Waals surface area contributed by atoms with E-state index in [1.165, 1.54) is 6.92 Å². The number of urea groups is 1. The van der Waals surface area contributed by atoms with Crippen molar-refractivity contribution in [3.63, 3.8) is 0 Å². The Hall–Kier alpha value is -2.16. The lowest BCUT2D eigenvalue weighted by molar-refractivity contribution is -0.162. The van der Waals surface area contributed by atoms with Crippen LogP contribution >= 0.6 is 0 Å². The molecule has 2 heterocycles. The molecule has 1 N–H and O–H groups in total. The summed E-state index contributed by atoms with van der Waals surface area (Å²) in [5.41, 5.74) is -0.770. The summed E-state index contributed by atoms with van der Waals surface area (Å²) in [6.07, 6.45) is 1.85. The number of carbonyl (C=O) groups is 4. The summed E-state index contributed by atoms with van der Waals surface area (Å²) < 4.78 is 10.4. The van der Waals surface area contributed by atoms with Crippen LogP contribution in [0.1, 0.15) is 53.4 Å². The normalized spacial score (nSPS) is 28.5. The van der Waals surface area contributed by atoms with E-state index in [0.717, 1.165) is 17.7 Å². The predicted octanol–water partition coefficient (Wildman–Crippen LogP) is 1.30. The molecule has 9 heteroatoms. The minimum Gasteiger partial charge on any atom is -0.451 e. The van der Waals surface area contributed by atoms with Crippen LogP contribution in [0, 0.1) is 11.3 Å². The number of nitrogens with zero attached hydrogens (tertiary/aromatic N) is 2. The van der Waals surface area contributed by atoms with Crippen LogP contribution in [0.5, 0.6) is 0 Å². The number of amides is 4. The molecule has 3 aliphatic rings. The smallest absolute Gasteiger partial charge is 0.327 e. The zero-order valence-electron chi connectivity index (χ0n) is 18.4. The van der Waals surface area contributed by atoms with Crippen LogP contribution in [0.4, 0.5) is 4.79 Å². The summed E-state index contributed by atoms with van der Waals surface area (Å²) in [4.78, 5) is 52.7. The fourth-order valence-corrected chi connectivity index (χ4v) is 4.59. The number of hydrogen-bond acceptors (Lipinski definition) is 6. The number of imide groups is 1. The Morgan fingerprint density at radius 3 is 2.37 bits per heavy atom. The molecule has 30 heavy (non-hydrogen) atoms. The molecule has 0 aromatic rings. The topological polar surface area (TPSA) is 105 Å². The number of carbonyl (C=O) groups excluding carboxylic acids is 4. The summed E-state index contributed by atoms with van der Waals surface area (Å²) in [5.74, 6) is -0.961. The monoisotopic (exact) mass is 423 g/mol. The van der Waals surface area contributed by atoms with Crippen molar-refractivity contribution in [3.05, 3.63) is 0 Å². The maximum atomic E-state index is 13.0. The Morgan fingerprint density at radius 1 is 1.20 bits per heavy atom. The first-order chi connectivity index (χ1) is 14.0. The molecular weight excluding hydrogens is 390 g/mol. The third-order valence-electron chi connectivity index (χ3n) is 6.58.